The average Bonchev–Trinajstić information content (AvgIpc) is 2.53. The lowest BCUT2D eigenvalue weighted by Crippen LogP contribution is -1.95. The molecule has 0 aromatic heterocycles. The molecule has 20 heavy (non-hydrogen) atoms. The third kappa shape index (κ3) is 4.20. The van der Waals surface area contributed by atoms with Crippen LogP contribution in [0, 0.1) is 0 Å². The van der Waals surface area contributed by atoms with E-state index in [4.69, 9.17) is 0 Å². The average molecular weight is 376 g/mol. The topological polar surface area (TPSA) is 0 Å². The van der Waals surface area contributed by atoms with Crippen molar-refractivity contribution < 1.29 is 0 Å². The highest BCUT2D eigenvalue weighted by atomic mass is 127. The number of allylic oxidation sites excluding steroid dienone is 7. The third-order valence-electron chi connectivity index (χ3n) is 3.60. The predicted octanol–water partition coefficient (Wildman–Crippen LogP) is 6.12. The van der Waals surface area contributed by atoms with Gasteiger partial charge in [0.2, 0.25) is 0 Å². The van der Waals surface area contributed by atoms with Gasteiger partial charge in [-0.05, 0) is 54.0 Å². The van der Waals surface area contributed by atoms with Crippen LogP contribution in [0.3, 0.4) is 0 Å². The second kappa shape index (κ2) is 8.25. The van der Waals surface area contributed by atoms with Crippen LogP contribution < -0.4 is 0 Å². The van der Waals surface area contributed by atoms with Gasteiger partial charge in [-0.25, -0.2) is 0 Å². The highest BCUT2D eigenvalue weighted by Crippen LogP contribution is 2.28. The number of alkyl halides is 1. The molecule has 1 aliphatic rings. The van der Waals surface area contributed by atoms with E-state index in [0.29, 0.717) is 0 Å². The van der Waals surface area contributed by atoms with Crippen molar-refractivity contribution >= 4 is 28.2 Å². The van der Waals surface area contributed by atoms with E-state index >= 15 is 0 Å². The van der Waals surface area contributed by atoms with E-state index in [0.717, 1.165) is 4.43 Å². The third-order valence-corrected chi connectivity index (χ3v) is 4.04. The van der Waals surface area contributed by atoms with Gasteiger partial charge in [-0.1, -0.05) is 77.7 Å². The lowest BCUT2D eigenvalue weighted by atomic mass is 9.91. The van der Waals surface area contributed by atoms with Gasteiger partial charge in [-0.2, -0.15) is 0 Å². The summed E-state index contributed by atoms with van der Waals surface area (Å²) in [5, 5.41) is 0. The normalized spacial score (nSPS) is 16.8. The van der Waals surface area contributed by atoms with E-state index < -0.39 is 0 Å². The SMILES string of the molecule is C=C/C(=C\C(=C/CI)C1=CCCCC1)c1ccccc1. The van der Waals surface area contributed by atoms with Crippen molar-refractivity contribution in [2.45, 2.75) is 25.7 Å². The van der Waals surface area contributed by atoms with Gasteiger partial charge in [0.05, 0.1) is 0 Å². The van der Waals surface area contributed by atoms with Crippen molar-refractivity contribution in [1.29, 1.82) is 0 Å². The first-order chi connectivity index (χ1) is 9.85. The van der Waals surface area contributed by atoms with Crippen LogP contribution in [0.15, 0.2) is 72.4 Å². The zero-order valence-electron chi connectivity index (χ0n) is 11.8. The molecule has 0 bridgehead atoms. The van der Waals surface area contributed by atoms with Crippen molar-refractivity contribution in [3.63, 3.8) is 0 Å². The monoisotopic (exact) mass is 376 g/mol. The zero-order valence-corrected chi connectivity index (χ0v) is 14.0. The Morgan fingerprint density at radius 1 is 1.15 bits per heavy atom. The molecule has 0 atom stereocenters. The van der Waals surface area contributed by atoms with Gasteiger partial charge in [0.1, 0.15) is 0 Å². The van der Waals surface area contributed by atoms with Crippen molar-refractivity contribution in [1.82, 2.24) is 0 Å². The molecule has 0 fully saturated rings. The Morgan fingerprint density at radius 2 is 1.95 bits per heavy atom. The van der Waals surface area contributed by atoms with E-state index in [1.54, 1.807) is 0 Å². The molecule has 1 aliphatic carbocycles. The lowest BCUT2D eigenvalue weighted by molar-refractivity contribution is 0.708. The van der Waals surface area contributed by atoms with Crippen LogP contribution >= 0.6 is 22.6 Å². The van der Waals surface area contributed by atoms with Crippen molar-refractivity contribution in [2.75, 3.05) is 4.43 Å². The van der Waals surface area contributed by atoms with E-state index in [9.17, 15) is 0 Å². The van der Waals surface area contributed by atoms with Gasteiger partial charge in [-0.15, -0.1) is 0 Å². The van der Waals surface area contributed by atoms with Crippen LogP contribution in [0.2, 0.25) is 0 Å². The molecule has 0 saturated carbocycles. The van der Waals surface area contributed by atoms with Crippen molar-refractivity contribution in [2.24, 2.45) is 0 Å². The van der Waals surface area contributed by atoms with Gasteiger partial charge in [0.25, 0.3) is 0 Å². The minimum atomic E-state index is 1.04. The standard InChI is InChI=1S/C19H21I/c1-2-16(17-9-5-3-6-10-17)15-19(13-14-20)18-11-7-4-8-12-18/h2-3,5-6,9-11,13,15H,1,4,7-8,12,14H2/b16-15+,19-13+. The maximum absolute atomic E-state index is 3.98. The van der Waals surface area contributed by atoms with E-state index in [2.05, 4.69) is 77.7 Å². The summed E-state index contributed by atoms with van der Waals surface area (Å²) in [5.41, 5.74) is 5.31. The Bertz CT molecular complexity index is 532. The number of benzene rings is 1. The molecule has 0 nitrogen and oxygen atoms in total. The van der Waals surface area contributed by atoms with Crippen LogP contribution in [-0.4, -0.2) is 4.43 Å². The van der Waals surface area contributed by atoms with Gasteiger partial charge in [-0.3, -0.25) is 0 Å². The summed E-state index contributed by atoms with van der Waals surface area (Å²) in [6.45, 7) is 3.98. The minimum absolute atomic E-state index is 1.04. The minimum Gasteiger partial charge on any atom is -0.0984 e. The molecule has 0 unspecified atom stereocenters. The molecule has 0 heterocycles. The summed E-state index contributed by atoms with van der Waals surface area (Å²) in [6.07, 6.45) is 14.0. The van der Waals surface area contributed by atoms with Crippen LogP contribution in [0.4, 0.5) is 0 Å². The first kappa shape index (κ1) is 15.3. The molecule has 1 aromatic rings. The highest BCUT2D eigenvalue weighted by Gasteiger charge is 2.08. The first-order valence-corrected chi connectivity index (χ1v) is 8.73. The van der Waals surface area contributed by atoms with Crippen molar-refractivity contribution in [3.8, 4) is 0 Å². The highest BCUT2D eigenvalue weighted by molar-refractivity contribution is 14.1. The van der Waals surface area contributed by atoms with Crippen LogP contribution in [0.5, 0.6) is 0 Å². The number of rotatable bonds is 5. The largest absolute Gasteiger partial charge is 0.0984 e. The van der Waals surface area contributed by atoms with Gasteiger partial charge in [0, 0.05) is 4.43 Å². The molecule has 0 radical (unpaired) electrons. The quantitative estimate of drug-likeness (QED) is 0.330. The molecule has 0 saturated heterocycles. The Morgan fingerprint density at radius 3 is 2.55 bits per heavy atom. The first-order valence-electron chi connectivity index (χ1n) is 7.20. The van der Waals surface area contributed by atoms with E-state index in [-0.39, 0.29) is 0 Å². The Kier molecular flexibility index (Phi) is 6.31. The molecule has 0 N–H and O–H groups in total. The number of hydrogen-bond donors (Lipinski definition) is 0. The second-order valence-electron chi connectivity index (χ2n) is 4.96. The second-order valence-corrected chi connectivity index (χ2v) is 5.84. The summed E-state index contributed by atoms with van der Waals surface area (Å²) in [4.78, 5) is 0. The summed E-state index contributed by atoms with van der Waals surface area (Å²) in [7, 11) is 0. The van der Waals surface area contributed by atoms with Crippen LogP contribution in [-0.2, 0) is 0 Å². The molecule has 0 spiro atoms. The predicted molar refractivity (Wildman–Crippen MR) is 98.1 cm³/mol. The fourth-order valence-corrected chi connectivity index (χ4v) is 3.00. The lowest BCUT2D eigenvalue weighted by Gasteiger charge is -2.15. The van der Waals surface area contributed by atoms with Crippen LogP contribution in [0.25, 0.3) is 5.57 Å². The zero-order chi connectivity index (χ0) is 14.2. The van der Waals surface area contributed by atoms with Crippen LogP contribution in [0.1, 0.15) is 31.2 Å². The Balaban J connectivity index is 2.34. The van der Waals surface area contributed by atoms with Gasteiger partial charge >= 0.3 is 0 Å². The molecule has 104 valence electrons. The van der Waals surface area contributed by atoms with Crippen molar-refractivity contribution in [3.05, 3.63) is 77.9 Å². The molecule has 1 heteroatoms. The summed E-state index contributed by atoms with van der Waals surface area (Å²) < 4.78 is 1.04. The maximum atomic E-state index is 3.98. The smallest absolute Gasteiger partial charge is 0.0184 e. The number of hydrogen-bond acceptors (Lipinski definition) is 0. The summed E-state index contributed by atoms with van der Waals surface area (Å²) in [6, 6.07) is 10.5. The fourth-order valence-electron chi connectivity index (χ4n) is 2.52. The van der Waals surface area contributed by atoms with Gasteiger partial charge < -0.3 is 0 Å². The molecular formula is C19H21I. The van der Waals surface area contributed by atoms with Gasteiger partial charge in [0.15, 0.2) is 0 Å². The van der Waals surface area contributed by atoms with E-state index in [1.807, 2.05) is 6.08 Å². The maximum Gasteiger partial charge on any atom is 0.0184 e. The number of halogens is 1. The molecule has 0 amide bonds. The Labute approximate surface area is 136 Å². The fraction of sp³-hybridized carbons (Fsp3) is 0.263. The molecule has 1 aromatic carbocycles. The Hall–Kier alpha value is -1.09. The molecule has 2 rings (SSSR count). The molecular weight excluding hydrogens is 355 g/mol. The molecule has 0 aliphatic heterocycles. The summed E-state index contributed by atoms with van der Waals surface area (Å²) >= 11 is 2.41. The summed E-state index contributed by atoms with van der Waals surface area (Å²) in [5.74, 6) is 0. The van der Waals surface area contributed by atoms with E-state index in [1.165, 1.54) is 48.0 Å².